The molecule has 0 atom stereocenters. The van der Waals surface area contributed by atoms with Gasteiger partial charge < -0.3 is 14.8 Å². The Hall–Kier alpha value is -4.19. The van der Waals surface area contributed by atoms with Crippen LogP contribution in [-0.2, 0) is 4.74 Å². The van der Waals surface area contributed by atoms with E-state index in [0.29, 0.717) is 29.1 Å². The van der Waals surface area contributed by atoms with Crippen molar-refractivity contribution in [1.82, 2.24) is 4.98 Å². The van der Waals surface area contributed by atoms with E-state index in [-0.39, 0.29) is 11.9 Å². The summed E-state index contributed by atoms with van der Waals surface area (Å²) in [6.45, 7) is 2.44. The van der Waals surface area contributed by atoms with Crippen LogP contribution in [0.5, 0.6) is 5.75 Å². The average molecular weight is 455 g/mol. The molecule has 172 valence electrons. The minimum absolute atomic E-state index is 0.258. The molecule has 0 unspecified atom stereocenters. The van der Waals surface area contributed by atoms with Gasteiger partial charge in [0.2, 0.25) is 0 Å². The largest absolute Gasteiger partial charge is 0.497 e. The maximum Gasteiger partial charge on any atom is 0.338 e. The van der Waals surface area contributed by atoms with Crippen molar-refractivity contribution in [2.24, 2.45) is 0 Å². The molecule has 1 amide bonds. The Balaban J connectivity index is 1.58. The lowest BCUT2D eigenvalue weighted by Gasteiger charge is -2.11. The summed E-state index contributed by atoms with van der Waals surface area (Å²) in [7, 11) is 1.62. The number of ether oxygens (including phenoxy) is 2. The smallest absolute Gasteiger partial charge is 0.338 e. The molecule has 4 aromatic rings. The number of pyridine rings is 1. The molecule has 3 aromatic carbocycles. The molecule has 1 N–H and O–H groups in total. The molecular formula is C28H26N2O4. The summed E-state index contributed by atoms with van der Waals surface area (Å²) in [6.07, 6.45) is 1.79. The third kappa shape index (κ3) is 5.23. The summed E-state index contributed by atoms with van der Waals surface area (Å²) in [6, 6.07) is 23.6. The number of hydrogen-bond acceptors (Lipinski definition) is 5. The molecule has 6 heteroatoms. The molecule has 0 spiro atoms. The van der Waals surface area contributed by atoms with Crippen molar-refractivity contribution in [1.29, 1.82) is 0 Å². The van der Waals surface area contributed by atoms with E-state index in [1.165, 1.54) is 0 Å². The van der Waals surface area contributed by atoms with Crippen molar-refractivity contribution in [3.8, 4) is 17.0 Å². The number of fused-ring (bicyclic) bond motifs is 1. The van der Waals surface area contributed by atoms with Crippen LogP contribution in [0.2, 0.25) is 0 Å². The van der Waals surface area contributed by atoms with Gasteiger partial charge in [-0.25, -0.2) is 9.78 Å². The number of para-hydroxylation sites is 1. The van der Waals surface area contributed by atoms with Crippen LogP contribution in [0.25, 0.3) is 22.2 Å². The molecule has 0 radical (unpaired) electrons. The second-order valence-corrected chi connectivity index (χ2v) is 7.82. The summed E-state index contributed by atoms with van der Waals surface area (Å²) in [4.78, 5) is 30.1. The van der Waals surface area contributed by atoms with Crippen LogP contribution in [0, 0.1) is 0 Å². The number of carbonyl (C=O) groups is 2. The minimum Gasteiger partial charge on any atom is -0.497 e. The van der Waals surface area contributed by atoms with E-state index in [1.807, 2.05) is 55.5 Å². The van der Waals surface area contributed by atoms with E-state index < -0.39 is 0 Å². The highest BCUT2D eigenvalue weighted by atomic mass is 16.5. The molecule has 4 rings (SSSR count). The van der Waals surface area contributed by atoms with Crippen LogP contribution in [0.1, 0.15) is 40.5 Å². The van der Waals surface area contributed by atoms with E-state index in [2.05, 4.69) is 5.32 Å². The Labute approximate surface area is 198 Å². The van der Waals surface area contributed by atoms with Crippen molar-refractivity contribution in [2.75, 3.05) is 19.0 Å². The summed E-state index contributed by atoms with van der Waals surface area (Å²) in [5.74, 6) is 0.127. The van der Waals surface area contributed by atoms with Crippen LogP contribution >= 0.6 is 0 Å². The fourth-order valence-electron chi connectivity index (χ4n) is 3.55. The molecule has 0 saturated heterocycles. The second kappa shape index (κ2) is 10.6. The van der Waals surface area contributed by atoms with E-state index in [4.69, 9.17) is 14.5 Å². The molecule has 0 saturated carbocycles. The summed E-state index contributed by atoms with van der Waals surface area (Å²) < 4.78 is 10.5. The molecule has 1 heterocycles. The Bertz CT molecular complexity index is 1300. The second-order valence-electron chi connectivity index (χ2n) is 7.82. The molecule has 0 aliphatic rings. The van der Waals surface area contributed by atoms with E-state index in [1.54, 1.807) is 37.4 Å². The lowest BCUT2D eigenvalue weighted by atomic mass is 10.0. The minimum atomic E-state index is -0.365. The molecule has 1 aromatic heterocycles. The first-order valence-corrected chi connectivity index (χ1v) is 11.2. The predicted octanol–water partition coefficient (Wildman–Crippen LogP) is 6.12. The Kier molecular flexibility index (Phi) is 7.18. The zero-order valence-corrected chi connectivity index (χ0v) is 19.2. The number of carbonyl (C=O) groups excluding carboxylic acids is 2. The number of aromatic nitrogens is 1. The van der Waals surface area contributed by atoms with Gasteiger partial charge in [-0.3, -0.25) is 4.79 Å². The molecule has 34 heavy (non-hydrogen) atoms. The van der Waals surface area contributed by atoms with E-state index in [0.717, 1.165) is 35.1 Å². The highest BCUT2D eigenvalue weighted by Gasteiger charge is 2.15. The summed E-state index contributed by atoms with van der Waals surface area (Å²) in [5, 5.41) is 3.68. The van der Waals surface area contributed by atoms with Crippen molar-refractivity contribution in [3.63, 3.8) is 0 Å². The van der Waals surface area contributed by atoms with Gasteiger partial charge in [0.25, 0.3) is 5.91 Å². The standard InChI is InChI=1S/C28H26N2O4/c1-3-4-17-34-28(32)20-9-13-21(14-10-20)29-27(31)24-18-26(19-11-15-22(33-2)16-12-19)30-25-8-6-5-7-23(24)25/h5-16,18H,3-4,17H2,1-2H3,(H,29,31). The predicted molar refractivity (Wildman–Crippen MR) is 133 cm³/mol. The molecular weight excluding hydrogens is 428 g/mol. The third-order valence-electron chi connectivity index (χ3n) is 5.46. The molecule has 0 aliphatic carbocycles. The number of unbranched alkanes of at least 4 members (excludes halogenated alkanes) is 1. The fourth-order valence-corrected chi connectivity index (χ4v) is 3.55. The highest BCUT2D eigenvalue weighted by molar-refractivity contribution is 6.13. The Morgan fingerprint density at radius 1 is 0.941 bits per heavy atom. The van der Waals surface area contributed by atoms with Gasteiger partial charge in [0.15, 0.2) is 0 Å². The van der Waals surface area contributed by atoms with Gasteiger partial charge in [-0.1, -0.05) is 31.5 Å². The quantitative estimate of drug-likeness (QED) is 0.256. The summed E-state index contributed by atoms with van der Waals surface area (Å²) in [5.41, 5.74) is 3.85. The average Bonchev–Trinajstić information content (AvgIpc) is 2.88. The van der Waals surface area contributed by atoms with Crippen LogP contribution in [0.15, 0.2) is 78.9 Å². The van der Waals surface area contributed by atoms with Crippen LogP contribution in [0.4, 0.5) is 5.69 Å². The van der Waals surface area contributed by atoms with Gasteiger partial charge in [-0.15, -0.1) is 0 Å². The number of nitrogens with zero attached hydrogens (tertiary/aromatic N) is 1. The van der Waals surface area contributed by atoms with Gasteiger partial charge in [-0.05, 0) is 67.1 Å². The topological polar surface area (TPSA) is 77.5 Å². The number of hydrogen-bond donors (Lipinski definition) is 1. The number of anilines is 1. The van der Waals surface area contributed by atoms with Crippen molar-refractivity contribution in [3.05, 3.63) is 90.0 Å². The van der Waals surface area contributed by atoms with Crippen molar-refractivity contribution >= 4 is 28.5 Å². The first kappa shape index (κ1) is 23.0. The maximum absolute atomic E-state index is 13.3. The zero-order valence-electron chi connectivity index (χ0n) is 19.2. The van der Waals surface area contributed by atoms with Gasteiger partial charge in [0.1, 0.15) is 5.75 Å². The number of rotatable bonds is 8. The number of benzene rings is 3. The van der Waals surface area contributed by atoms with Crippen LogP contribution in [0.3, 0.4) is 0 Å². The van der Waals surface area contributed by atoms with E-state index in [9.17, 15) is 9.59 Å². The first-order chi connectivity index (χ1) is 16.6. The monoisotopic (exact) mass is 454 g/mol. The normalized spacial score (nSPS) is 10.6. The number of methoxy groups -OCH3 is 1. The van der Waals surface area contributed by atoms with Gasteiger partial charge >= 0.3 is 5.97 Å². The van der Waals surface area contributed by atoms with Crippen LogP contribution < -0.4 is 10.1 Å². The van der Waals surface area contributed by atoms with Gasteiger partial charge in [0, 0.05) is 16.6 Å². The molecule has 6 nitrogen and oxygen atoms in total. The highest BCUT2D eigenvalue weighted by Crippen LogP contribution is 2.27. The number of nitrogens with one attached hydrogen (secondary N) is 1. The Morgan fingerprint density at radius 2 is 1.68 bits per heavy atom. The third-order valence-corrected chi connectivity index (χ3v) is 5.46. The summed E-state index contributed by atoms with van der Waals surface area (Å²) >= 11 is 0. The fraction of sp³-hybridized carbons (Fsp3) is 0.179. The molecule has 0 bridgehead atoms. The SMILES string of the molecule is CCCCOC(=O)c1ccc(NC(=O)c2cc(-c3ccc(OC)cc3)nc3ccccc23)cc1. The van der Waals surface area contributed by atoms with Crippen molar-refractivity contribution < 1.29 is 19.1 Å². The molecule has 0 aliphatic heterocycles. The number of amides is 1. The van der Waals surface area contributed by atoms with Crippen molar-refractivity contribution in [2.45, 2.75) is 19.8 Å². The first-order valence-electron chi connectivity index (χ1n) is 11.2. The lowest BCUT2D eigenvalue weighted by molar-refractivity contribution is 0.0499. The van der Waals surface area contributed by atoms with E-state index >= 15 is 0 Å². The van der Waals surface area contributed by atoms with Crippen LogP contribution in [-0.4, -0.2) is 30.6 Å². The zero-order chi connectivity index (χ0) is 23.9. The molecule has 0 fully saturated rings. The number of esters is 1. The Morgan fingerprint density at radius 3 is 2.38 bits per heavy atom. The van der Waals surface area contributed by atoms with Gasteiger partial charge in [-0.2, -0.15) is 0 Å². The maximum atomic E-state index is 13.3. The van der Waals surface area contributed by atoms with Gasteiger partial charge in [0.05, 0.1) is 36.1 Å². The lowest BCUT2D eigenvalue weighted by Crippen LogP contribution is -2.13.